The Bertz CT molecular complexity index is 625. The van der Waals surface area contributed by atoms with E-state index in [4.69, 9.17) is 28.4 Å². The molecule has 0 atom stereocenters. The molecule has 0 amide bonds. The van der Waals surface area contributed by atoms with Gasteiger partial charge in [-0.1, -0.05) is 13.0 Å². The summed E-state index contributed by atoms with van der Waals surface area (Å²) in [6, 6.07) is 0. The van der Waals surface area contributed by atoms with Crippen LogP contribution in [0.3, 0.4) is 0 Å². The summed E-state index contributed by atoms with van der Waals surface area (Å²) in [6.45, 7) is 7.36. The molecule has 0 aromatic heterocycles. The Balaban J connectivity index is 0.000000227. The Morgan fingerprint density at radius 1 is 0.848 bits per heavy atom. The van der Waals surface area contributed by atoms with E-state index in [-0.39, 0.29) is 30.9 Å². The summed E-state index contributed by atoms with van der Waals surface area (Å²) < 4.78 is 32.4. The molecule has 0 aromatic rings. The van der Waals surface area contributed by atoms with E-state index in [2.05, 4.69) is 0 Å². The molecule has 2 aliphatic heterocycles. The number of ether oxygens (including phenoxy) is 6. The lowest BCUT2D eigenvalue weighted by Crippen LogP contribution is -2.35. The maximum absolute atomic E-state index is 11.3. The molecule has 4 rings (SSSR count). The van der Waals surface area contributed by atoms with Crippen molar-refractivity contribution in [2.24, 2.45) is 5.92 Å². The zero-order chi connectivity index (χ0) is 22.9. The maximum atomic E-state index is 11.3. The van der Waals surface area contributed by atoms with Gasteiger partial charge in [0.25, 0.3) is 0 Å². The Morgan fingerprint density at radius 3 is 1.82 bits per heavy atom. The van der Waals surface area contributed by atoms with E-state index in [1.807, 2.05) is 13.8 Å². The van der Waals surface area contributed by atoms with Crippen molar-refractivity contribution in [1.82, 2.24) is 0 Å². The summed E-state index contributed by atoms with van der Waals surface area (Å²) in [5.74, 6) is -0.534. The number of carbonyl (C=O) groups is 2. The highest BCUT2D eigenvalue weighted by molar-refractivity contribution is 5.82. The van der Waals surface area contributed by atoms with Gasteiger partial charge in [-0.3, -0.25) is 4.79 Å². The third-order valence-corrected chi connectivity index (χ3v) is 6.52. The minimum absolute atomic E-state index is 0. The van der Waals surface area contributed by atoms with Crippen molar-refractivity contribution in [1.29, 1.82) is 0 Å². The fraction of sp³-hybridized carbons (Fsp3) is 0.840. The highest BCUT2D eigenvalue weighted by Crippen LogP contribution is 2.39. The molecule has 8 heteroatoms. The van der Waals surface area contributed by atoms with E-state index in [1.54, 1.807) is 6.08 Å². The van der Waals surface area contributed by atoms with E-state index >= 15 is 0 Å². The lowest BCUT2D eigenvalue weighted by molar-refractivity contribution is -0.184. The van der Waals surface area contributed by atoms with E-state index in [9.17, 15) is 9.59 Å². The van der Waals surface area contributed by atoms with Gasteiger partial charge in [-0.05, 0) is 45.4 Å². The first-order valence-corrected chi connectivity index (χ1v) is 12.1. The summed E-state index contributed by atoms with van der Waals surface area (Å²) in [5.41, 5.74) is 1.14. The van der Waals surface area contributed by atoms with Crippen LogP contribution in [0.1, 0.15) is 79.1 Å². The molecule has 190 valence electrons. The van der Waals surface area contributed by atoms with E-state index in [0.29, 0.717) is 52.0 Å². The normalized spacial score (nSPS) is 25.0. The van der Waals surface area contributed by atoms with E-state index in [1.165, 1.54) is 0 Å². The number of carbonyl (C=O) groups excluding carboxylic acids is 2. The van der Waals surface area contributed by atoms with Crippen molar-refractivity contribution in [3.8, 4) is 0 Å². The molecule has 0 unspecified atom stereocenters. The van der Waals surface area contributed by atoms with Crippen molar-refractivity contribution in [2.45, 2.75) is 90.6 Å². The smallest absolute Gasteiger partial charge is 0.330 e. The molecular formula is C25H42O8. The van der Waals surface area contributed by atoms with Gasteiger partial charge in [-0.2, -0.15) is 0 Å². The van der Waals surface area contributed by atoms with Gasteiger partial charge >= 0.3 is 11.9 Å². The van der Waals surface area contributed by atoms with Crippen molar-refractivity contribution in [3.63, 3.8) is 0 Å². The Kier molecular flexibility index (Phi) is 11.3. The van der Waals surface area contributed by atoms with Gasteiger partial charge in [-0.25, -0.2) is 4.79 Å². The summed E-state index contributed by atoms with van der Waals surface area (Å²) in [5, 5.41) is 0. The Hall–Kier alpha value is -1.48. The first-order valence-electron chi connectivity index (χ1n) is 12.1. The molecule has 0 N–H and O–H groups in total. The largest absolute Gasteiger partial charge is 0.466 e. The highest BCUT2D eigenvalue weighted by atomic mass is 16.7. The lowest BCUT2D eigenvalue weighted by Gasteiger charge is -2.34. The fourth-order valence-electron chi connectivity index (χ4n) is 4.80. The summed E-state index contributed by atoms with van der Waals surface area (Å²) in [6.07, 6.45) is 9.40. The molecule has 4 aliphatic rings. The molecule has 2 heterocycles. The SMILES string of the molecule is C.CCOC(=O)C=C1CCC2(CC1)OCCO2.CCOC(=O)CC1CCC2(CC1)OCCO2. The minimum atomic E-state index is -0.355. The zero-order valence-corrected chi connectivity index (χ0v) is 19.5. The molecule has 2 aliphatic carbocycles. The molecule has 0 bridgehead atoms. The van der Waals surface area contributed by atoms with Crippen LogP contribution in [0.2, 0.25) is 0 Å². The van der Waals surface area contributed by atoms with Crippen LogP contribution in [0.5, 0.6) is 0 Å². The number of hydrogen-bond donors (Lipinski definition) is 0. The van der Waals surface area contributed by atoms with E-state index in [0.717, 1.165) is 56.9 Å². The lowest BCUT2D eigenvalue weighted by atomic mass is 9.83. The van der Waals surface area contributed by atoms with Gasteiger partial charge in [0.05, 0.1) is 39.6 Å². The van der Waals surface area contributed by atoms with Crippen molar-refractivity contribution < 1.29 is 38.0 Å². The maximum Gasteiger partial charge on any atom is 0.330 e. The predicted molar refractivity (Wildman–Crippen MR) is 122 cm³/mol. The van der Waals surface area contributed by atoms with Crippen molar-refractivity contribution >= 4 is 11.9 Å². The minimum Gasteiger partial charge on any atom is -0.466 e. The standard InChI is InChI=1S/C12H20O4.C12H18O4.CH4/c2*1-2-14-11(13)9-10-3-5-12(6-4-10)15-7-8-16-12;/h10H,2-9H2,1H3;9H,2-8H2,1H3;1H4. The van der Waals surface area contributed by atoms with Gasteiger partial charge in [-0.15, -0.1) is 0 Å². The molecule has 4 fully saturated rings. The average molecular weight is 471 g/mol. The second kappa shape index (κ2) is 13.4. The second-order valence-electron chi connectivity index (χ2n) is 8.72. The van der Waals surface area contributed by atoms with Crippen LogP contribution >= 0.6 is 0 Å². The molecule has 8 nitrogen and oxygen atoms in total. The molecule has 0 radical (unpaired) electrons. The van der Waals surface area contributed by atoms with Crippen LogP contribution in [0.25, 0.3) is 0 Å². The van der Waals surface area contributed by atoms with Crippen LogP contribution in [-0.2, 0) is 38.0 Å². The number of allylic oxidation sites excluding steroid dienone is 1. The zero-order valence-electron chi connectivity index (χ0n) is 19.5. The van der Waals surface area contributed by atoms with Crippen LogP contribution in [0.15, 0.2) is 11.6 Å². The summed E-state index contributed by atoms with van der Waals surface area (Å²) in [7, 11) is 0. The van der Waals surface area contributed by atoms with Crippen LogP contribution in [0, 0.1) is 5.92 Å². The van der Waals surface area contributed by atoms with Gasteiger partial charge < -0.3 is 28.4 Å². The molecule has 0 aromatic carbocycles. The van der Waals surface area contributed by atoms with Crippen LogP contribution in [-0.4, -0.2) is 63.2 Å². The number of rotatable bonds is 5. The van der Waals surface area contributed by atoms with Crippen molar-refractivity contribution in [2.75, 3.05) is 39.6 Å². The van der Waals surface area contributed by atoms with Crippen LogP contribution in [0.4, 0.5) is 0 Å². The summed E-state index contributed by atoms with van der Waals surface area (Å²) in [4.78, 5) is 22.6. The van der Waals surface area contributed by atoms with Gasteiger partial charge in [0, 0.05) is 38.2 Å². The molecule has 2 saturated heterocycles. The fourth-order valence-corrected chi connectivity index (χ4v) is 4.80. The molecule has 33 heavy (non-hydrogen) atoms. The average Bonchev–Trinajstić information content (AvgIpc) is 3.43. The topological polar surface area (TPSA) is 89.5 Å². The van der Waals surface area contributed by atoms with Gasteiger partial charge in [0.15, 0.2) is 11.6 Å². The van der Waals surface area contributed by atoms with Crippen molar-refractivity contribution in [3.05, 3.63) is 11.6 Å². The second-order valence-corrected chi connectivity index (χ2v) is 8.72. The van der Waals surface area contributed by atoms with E-state index < -0.39 is 0 Å². The number of hydrogen-bond acceptors (Lipinski definition) is 8. The molecule has 2 spiro atoms. The Labute approximate surface area is 198 Å². The van der Waals surface area contributed by atoms with Gasteiger partial charge in [0.1, 0.15) is 0 Å². The number of esters is 2. The Morgan fingerprint density at radius 2 is 1.33 bits per heavy atom. The van der Waals surface area contributed by atoms with Crippen LogP contribution < -0.4 is 0 Å². The van der Waals surface area contributed by atoms with Gasteiger partial charge in [0.2, 0.25) is 0 Å². The predicted octanol–water partition coefficient (Wildman–Crippen LogP) is 4.30. The quantitative estimate of drug-likeness (QED) is 0.434. The third-order valence-electron chi connectivity index (χ3n) is 6.52. The monoisotopic (exact) mass is 470 g/mol. The first kappa shape index (κ1) is 27.8. The first-order chi connectivity index (χ1) is 15.5. The summed E-state index contributed by atoms with van der Waals surface area (Å²) >= 11 is 0. The molecule has 2 saturated carbocycles. The molecular weight excluding hydrogens is 428 g/mol. The third kappa shape index (κ3) is 8.35. The highest BCUT2D eigenvalue weighted by Gasteiger charge is 2.41.